The quantitative estimate of drug-likeness (QED) is 0.508. The number of nitrogens with one attached hydrogen (secondary N) is 1. The molecule has 7 heteroatoms. The van der Waals surface area contributed by atoms with Crippen LogP contribution in [0.4, 0.5) is 0 Å². The minimum Gasteiger partial charge on any atom is -0.506 e. The Morgan fingerprint density at radius 2 is 2.04 bits per heavy atom. The van der Waals surface area contributed by atoms with Gasteiger partial charge in [-0.3, -0.25) is 9.59 Å². The van der Waals surface area contributed by atoms with Crippen molar-refractivity contribution in [3.63, 3.8) is 0 Å². The maximum Gasteiger partial charge on any atom is 0.280 e. The van der Waals surface area contributed by atoms with Gasteiger partial charge in [-0.05, 0) is 36.8 Å². The van der Waals surface area contributed by atoms with Crippen LogP contribution in [-0.2, 0) is 6.54 Å². The van der Waals surface area contributed by atoms with Gasteiger partial charge in [-0.15, -0.1) is 0 Å². The number of rotatable bonds is 4. The molecule has 0 aliphatic heterocycles. The van der Waals surface area contributed by atoms with Gasteiger partial charge in [0.2, 0.25) is 0 Å². The fraction of sp³-hybridized carbons (Fsp3) is 0.105. The van der Waals surface area contributed by atoms with Crippen molar-refractivity contribution in [2.75, 3.05) is 0 Å². The lowest BCUT2D eigenvalue weighted by molar-refractivity contribution is 0.0950. The van der Waals surface area contributed by atoms with Crippen molar-refractivity contribution in [2.24, 2.45) is 5.10 Å². The van der Waals surface area contributed by atoms with Crippen LogP contribution in [0.5, 0.6) is 5.75 Å². The molecular weight excluding hydrogens is 398 g/mol. The summed E-state index contributed by atoms with van der Waals surface area (Å²) in [7, 11) is 0. The SMILES string of the molecule is CCn1c(=O)c(C(=O)NN=Cc2cccc(Br)c2)c(O)c2ccccc21. The number of pyridine rings is 1. The summed E-state index contributed by atoms with van der Waals surface area (Å²) in [5, 5.41) is 14.8. The molecule has 2 N–H and O–H groups in total. The number of aromatic hydroxyl groups is 1. The summed E-state index contributed by atoms with van der Waals surface area (Å²) in [4.78, 5) is 25.1. The number of fused-ring (bicyclic) bond motifs is 1. The molecule has 3 rings (SSSR count). The molecule has 0 atom stereocenters. The predicted molar refractivity (Wildman–Crippen MR) is 105 cm³/mol. The van der Waals surface area contributed by atoms with Crippen molar-refractivity contribution >= 4 is 39.0 Å². The van der Waals surface area contributed by atoms with Gasteiger partial charge in [-0.1, -0.05) is 40.2 Å². The molecule has 0 unspecified atom stereocenters. The Kier molecular flexibility index (Phi) is 5.18. The van der Waals surface area contributed by atoms with Crippen LogP contribution in [0.2, 0.25) is 0 Å². The van der Waals surface area contributed by atoms with Crippen LogP contribution in [0, 0.1) is 0 Å². The number of amides is 1. The van der Waals surface area contributed by atoms with Crippen molar-refractivity contribution < 1.29 is 9.90 Å². The Morgan fingerprint density at radius 3 is 2.77 bits per heavy atom. The maximum absolute atomic E-state index is 12.6. The Balaban J connectivity index is 1.97. The van der Waals surface area contributed by atoms with E-state index in [4.69, 9.17) is 0 Å². The summed E-state index contributed by atoms with van der Waals surface area (Å²) in [5.41, 5.74) is 2.77. The fourth-order valence-corrected chi connectivity index (χ4v) is 3.13. The van der Waals surface area contributed by atoms with Gasteiger partial charge in [0.1, 0.15) is 11.3 Å². The zero-order chi connectivity index (χ0) is 18.7. The number of aromatic nitrogens is 1. The normalized spacial score (nSPS) is 11.2. The first-order valence-corrected chi connectivity index (χ1v) is 8.75. The van der Waals surface area contributed by atoms with Crippen LogP contribution < -0.4 is 11.0 Å². The molecule has 1 aromatic heterocycles. The molecule has 6 nitrogen and oxygen atoms in total. The molecule has 0 saturated heterocycles. The van der Waals surface area contributed by atoms with Crippen LogP contribution in [0.25, 0.3) is 10.9 Å². The molecule has 3 aromatic rings. The second-order valence-electron chi connectivity index (χ2n) is 5.54. The van der Waals surface area contributed by atoms with Gasteiger partial charge in [-0.25, -0.2) is 5.43 Å². The monoisotopic (exact) mass is 413 g/mol. The van der Waals surface area contributed by atoms with Crippen LogP contribution in [0.15, 0.2) is 62.9 Å². The summed E-state index contributed by atoms with van der Waals surface area (Å²) in [6, 6.07) is 14.3. The number of carbonyl (C=O) groups excluding carboxylic acids is 1. The van der Waals surface area contributed by atoms with Crippen LogP contribution in [0.1, 0.15) is 22.8 Å². The van der Waals surface area contributed by atoms with Crippen LogP contribution in [0.3, 0.4) is 0 Å². The first-order chi connectivity index (χ1) is 12.5. The summed E-state index contributed by atoms with van der Waals surface area (Å²) in [6.45, 7) is 2.18. The number of carbonyl (C=O) groups is 1. The highest BCUT2D eigenvalue weighted by Gasteiger charge is 2.21. The average Bonchev–Trinajstić information content (AvgIpc) is 2.62. The van der Waals surface area contributed by atoms with E-state index >= 15 is 0 Å². The number of nitrogens with zero attached hydrogens (tertiary/aromatic N) is 2. The van der Waals surface area contributed by atoms with E-state index in [1.54, 1.807) is 31.2 Å². The zero-order valence-electron chi connectivity index (χ0n) is 13.9. The highest BCUT2D eigenvalue weighted by Crippen LogP contribution is 2.26. The van der Waals surface area contributed by atoms with Gasteiger partial charge in [0.15, 0.2) is 0 Å². The highest BCUT2D eigenvalue weighted by molar-refractivity contribution is 9.10. The molecule has 1 heterocycles. The van der Waals surface area contributed by atoms with Crippen molar-refractivity contribution in [3.8, 4) is 5.75 Å². The van der Waals surface area contributed by atoms with Gasteiger partial charge < -0.3 is 9.67 Å². The van der Waals surface area contributed by atoms with Crippen LogP contribution >= 0.6 is 15.9 Å². The first-order valence-electron chi connectivity index (χ1n) is 7.96. The molecule has 2 aromatic carbocycles. The van der Waals surface area contributed by atoms with E-state index in [-0.39, 0.29) is 11.3 Å². The predicted octanol–water partition coefficient (Wildman–Crippen LogP) is 3.25. The summed E-state index contributed by atoms with van der Waals surface area (Å²) >= 11 is 3.35. The van der Waals surface area contributed by atoms with Gasteiger partial charge in [0, 0.05) is 16.4 Å². The van der Waals surface area contributed by atoms with E-state index in [1.807, 2.05) is 24.3 Å². The van der Waals surface area contributed by atoms with Gasteiger partial charge in [0.25, 0.3) is 11.5 Å². The lowest BCUT2D eigenvalue weighted by Crippen LogP contribution is -2.31. The smallest absolute Gasteiger partial charge is 0.280 e. The summed E-state index contributed by atoms with van der Waals surface area (Å²) < 4.78 is 2.33. The van der Waals surface area contributed by atoms with E-state index in [2.05, 4.69) is 26.5 Å². The molecule has 132 valence electrons. The molecule has 0 bridgehead atoms. The number of halogens is 1. The molecular formula is C19H16BrN3O3. The molecule has 0 aliphatic rings. The Labute approximate surface area is 157 Å². The van der Waals surface area contributed by atoms with Crippen molar-refractivity contribution in [2.45, 2.75) is 13.5 Å². The third kappa shape index (κ3) is 3.39. The molecule has 1 amide bonds. The number of para-hydroxylation sites is 1. The molecule has 0 saturated carbocycles. The second-order valence-corrected chi connectivity index (χ2v) is 6.46. The second kappa shape index (κ2) is 7.53. The lowest BCUT2D eigenvalue weighted by atomic mass is 10.1. The first kappa shape index (κ1) is 17.9. The third-order valence-electron chi connectivity index (χ3n) is 3.92. The molecule has 0 radical (unpaired) electrons. The Hall–Kier alpha value is -2.93. The highest BCUT2D eigenvalue weighted by atomic mass is 79.9. The summed E-state index contributed by atoms with van der Waals surface area (Å²) in [6.07, 6.45) is 1.46. The summed E-state index contributed by atoms with van der Waals surface area (Å²) in [5.74, 6) is -1.10. The molecule has 26 heavy (non-hydrogen) atoms. The van der Waals surface area contributed by atoms with Gasteiger partial charge in [0.05, 0.1) is 11.7 Å². The number of hydrogen-bond acceptors (Lipinski definition) is 4. The number of hydrazone groups is 1. The van der Waals surface area contributed by atoms with Gasteiger partial charge in [-0.2, -0.15) is 5.10 Å². The zero-order valence-corrected chi connectivity index (χ0v) is 15.5. The topological polar surface area (TPSA) is 83.7 Å². The van der Waals surface area contributed by atoms with E-state index in [0.29, 0.717) is 17.4 Å². The van der Waals surface area contributed by atoms with Crippen molar-refractivity contribution in [1.82, 2.24) is 9.99 Å². The number of aryl methyl sites for hydroxylation is 1. The minimum atomic E-state index is -0.758. The van der Waals surface area contributed by atoms with Crippen molar-refractivity contribution in [3.05, 3.63) is 74.5 Å². The largest absolute Gasteiger partial charge is 0.506 e. The number of hydrogen-bond donors (Lipinski definition) is 2. The standard InChI is InChI=1S/C19H16BrN3O3/c1-2-23-15-9-4-3-8-14(15)17(24)16(19(23)26)18(25)22-21-11-12-6-5-7-13(20)10-12/h3-11,24H,2H2,1H3,(H,22,25). The van der Waals surface area contributed by atoms with Crippen LogP contribution in [-0.4, -0.2) is 21.8 Å². The average molecular weight is 414 g/mol. The fourth-order valence-electron chi connectivity index (χ4n) is 2.72. The van der Waals surface area contributed by atoms with E-state index in [9.17, 15) is 14.7 Å². The van der Waals surface area contributed by atoms with Crippen molar-refractivity contribution in [1.29, 1.82) is 0 Å². The Bertz CT molecular complexity index is 1070. The maximum atomic E-state index is 12.6. The van der Waals surface area contributed by atoms with E-state index in [1.165, 1.54) is 10.8 Å². The molecule has 0 spiro atoms. The molecule has 0 aliphatic carbocycles. The number of benzene rings is 2. The van der Waals surface area contributed by atoms with E-state index < -0.39 is 11.5 Å². The Morgan fingerprint density at radius 1 is 1.27 bits per heavy atom. The van der Waals surface area contributed by atoms with E-state index in [0.717, 1.165) is 10.0 Å². The molecule has 0 fully saturated rings. The third-order valence-corrected chi connectivity index (χ3v) is 4.41. The minimum absolute atomic E-state index is 0.322. The van der Waals surface area contributed by atoms with Gasteiger partial charge >= 0.3 is 0 Å². The lowest BCUT2D eigenvalue weighted by Gasteiger charge is -2.12.